The summed E-state index contributed by atoms with van der Waals surface area (Å²) in [7, 11) is 0.582. The molecule has 0 aliphatic carbocycles. The molecular weight excluding hydrogens is 420 g/mol. The van der Waals surface area contributed by atoms with Crippen LogP contribution in [0.25, 0.3) is 0 Å². The number of nitrogens with zero attached hydrogens (tertiary/aromatic N) is 5. The van der Waals surface area contributed by atoms with E-state index in [1.54, 1.807) is 12.3 Å². The topological polar surface area (TPSA) is 91.3 Å². The fourth-order valence-corrected chi connectivity index (χ4v) is 5.97. The van der Waals surface area contributed by atoms with E-state index in [9.17, 15) is 8.42 Å². The Morgan fingerprint density at radius 3 is 2.53 bits per heavy atom. The molecule has 2 fully saturated rings. The third-order valence-electron chi connectivity index (χ3n) is 6.27. The maximum absolute atomic E-state index is 11.8. The van der Waals surface area contributed by atoms with Crippen LogP contribution in [0.4, 0.5) is 11.1 Å². The van der Waals surface area contributed by atoms with Crippen LogP contribution >= 0.6 is 11.5 Å². The summed E-state index contributed by atoms with van der Waals surface area (Å²) in [6.45, 7) is 3.13. The highest BCUT2D eigenvalue weighted by Crippen LogP contribution is 2.42. The largest absolute Gasteiger partial charge is 0.346 e. The van der Waals surface area contributed by atoms with Crippen molar-refractivity contribution in [3.05, 3.63) is 23.9 Å². The first-order valence-corrected chi connectivity index (χ1v) is 13.1. The first-order chi connectivity index (χ1) is 14.3. The van der Waals surface area contributed by atoms with Gasteiger partial charge >= 0.3 is 0 Å². The maximum atomic E-state index is 11.8. The minimum absolute atomic E-state index is 0.120. The van der Waals surface area contributed by atoms with Gasteiger partial charge in [0.15, 0.2) is 14.9 Å². The van der Waals surface area contributed by atoms with Gasteiger partial charge in [-0.15, -0.1) is 0 Å². The normalized spacial score (nSPS) is 23.5. The highest BCUT2D eigenvalue weighted by atomic mass is 32.2. The SMILES string of the molecule is CN(C)c1nsc(N2CCC(C3CCNCC3)C[C@@H]2c2ccc(S(C)(=O)=O)nc2)n1. The maximum Gasteiger partial charge on any atom is 0.238 e. The van der Waals surface area contributed by atoms with E-state index in [-0.39, 0.29) is 11.1 Å². The quantitative estimate of drug-likeness (QED) is 0.742. The molecular formula is C20H30N6O2S2. The molecule has 0 bridgehead atoms. The monoisotopic (exact) mass is 450 g/mol. The number of anilines is 2. The van der Waals surface area contributed by atoms with E-state index < -0.39 is 9.84 Å². The van der Waals surface area contributed by atoms with Gasteiger partial charge in [-0.25, -0.2) is 13.4 Å². The zero-order chi connectivity index (χ0) is 21.3. The highest BCUT2D eigenvalue weighted by molar-refractivity contribution is 7.90. The van der Waals surface area contributed by atoms with E-state index in [1.165, 1.54) is 30.6 Å². The molecule has 2 aliphatic heterocycles. The number of aromatic nitrogens is 3. The summed E-state index contributed by atoms with van der Waals surface area (Å²) in [5.74, 6) is 2.12. The van der Waals surface area contributed by atoms with Crippen LogP contribution in [0, 0.1) is 11.8 Å². The Kier molecular flexibility index (Phi) is 6.26. The van der Waals surface area contributed by atoms with Gasteiger partial charge in [0.05, 0.1) is 6.04 Å². The minimum Gasteiger partial charge on any atom is -0.346 e. The zero-order valence-electron chi connectivity index (χ0n) is 17.8. The summed E-state index contributed by atoms with van der Waals surface area (Å²) in [5.41, 5.74) is 1.04. The van der Waals surface area contributed by atoms with Crippen LogP contribution in [0.15, 0.2) is 23.4 Å². The lowest BCUT2D eigenvalue weighted by molar-refractivity contribution is 0.200. The second kappa shape index (κ2) is 8.76. The molecule has 0 saturated carbocycles. The van der Waals surface area contributed by atoms with E-state index in [4.69, 9.17) is 4.98 Å². The smallest absolute Gasteiger partial charge is 0.238 e. The third kappa shape index (κ3) is 4.60. The summed E-state index contributed by atoms with van der Waals surface area (Å²) in [5, 5.41) is 4.50. The molecule has 2 atom stereocenters. The molecule has 4 heterocycles. The Bertz CT molecular complexity index is 954. The predicted molar refractivity (Wildman–Crippen MR) is 120 cm³/mol. The lowest BCUT2D eigenvalue weighted by Crippen LogP contribution is -2.41. The number of pyridine rings is 1. The van der Waals surface area contributed by atoms with E-state index in [0.717, 1.165) is 55.0 Å². The number of nitrogens with one attached hydrogen (secondary N) is 1. The van der Waals surface area contributed by atoms with Crippen molar-refractivity contribution in [2.45, 2.75) is 36.8 Å². The molecule has 4 rings (SSSR count). The summed E-state index contributed by atoms with van der Waals surface area (Å²) in [6.07, 6.45) is 7.55. The van der Waals surface area contributed by atoms with Gasteiger partial charge in [0, 0.05) is 44.6 Å². The van der Waals surface area contributed by atoms with Crippen molar-refractivity contribution >= 4 is 32.4 Å². The van der Waals surface area contributed by atoms with Crippen molar-refractivity contribution in [1.82, 2.24) is 19.7 Å². The van der Waals surface area contributed by atoms with E-state index in [0.29, 0.717) is 5.92 Å². The number of sulfone groups is 1. The molecule has 2 aliphatic rings. The Hall–Kier alpha value is -1.78. The molecule has 2 aromatic heterocycles. The van der Waals surface area contributed by atoms with Crippen molar-refractivity contribution in [3.8, 4) is 0 Å². The van der Waals surface area contributed by atoms with Crippen molar-refractivity contribution in [1.29, 1.82) is 0 Å². The zero-order valence-corrected chi connectivity index (χ0v) is 19.4. The van der Waals surface area contributed by atoms with E-state index >= 15 is 0 Å². The van der Waals surface area contributed by atoms with Gasteiger partial charge < -0.3 is 15.1 Å². The van der Waals surface area contributed by atoms with Crippen LogP contribution in [-0.4, -0.2) is 62.7 Å². The van der Waals surface area contributed by atoms with Gasteiger partial charge in [-0.1, -0.05) is 6.07 Å². The molecule has 0 radical (unpaired) electrons. The summed E-state index contributed by atoms with van der Waals surface area (Å²) in [4.78, 5) is 13.2. The van der Waals surface area contributed by atoms with Gasteiger partial charge in [0.25, 0.3) is 0 Å². The Morgan fingerprint density at radius 2 is 1.93 bits per heavy atom. The molecule has 0 aromatic carbocycles. The van der Waals surface area contributed by atoms with Crippen LogP contribution in [0.1, 0.15) is 37.3 Å². The van der Waals surface area contributed by atoms with Gasteiger partial charge in [-0.05, 0) is 62.2 Å². The number of piperidine rings is 2. The van der Waals surface area contributed by atoms with Crippen LogP contribution < -0.4 is 15.1 Å². The van der Waals surface area contributed by atoms with Gasteiger partial charge in [0.2, 0.25) is 11.1 Å². The second-order valence-corrected chi connectivity index (χ2v) is 11.2. The van der Waals surface area contributed by atoms with Gasteiger partial charge in [-0.2, -0.15) is 9.36 Å². The molecule has 8 nitrogen and oxygen atoms in total. The van der Waals surface area contributed by atoms with E-state index in [1.807, 2.05) is 25.1 Å². The average molecular weight is 451 g/mol. The summed E-state index contributed by atoms with van der Waals surface area (Å²) < 4.78 is 28.1. The third-order valence-corrected chi connectivity index (χ3v) is 8.01. The standard InChI is InChI=1S/C20H30N6O2S2/c1-25(2)19-23-20(29-24-19)26-11-8-15(14-6-9-21-10-7-14)12-17(26)16-4-5-18(22-13-16)30(3,27)28/h4-5,13-15,17,21H,6-12H2,1-3H3/t15?,17-/m1/s1. The molecule has 2 saturated heterocycles. The molecule has 10 heteroatoms. The predicted octanol–water partition coefficient (Wildman–Crippen LogP) is 2.36. The van der Waals surface area contributed by atoms with Crippen LogP contribution in [0.5, 0.6) is 0 Å². The van der Waals surface area contributed by atoms with Crippen LogP contribution in [0.3, 0.4) is 0 Å². The lowest BCUT2D eigenvalue weighted by Gasteiger charge is -2.43. The summed E-state index contributed by atoms with van der Waals surface area (Å²) >= 11 is 1.42. The average Bonchev–Trinajstić information content (AvgIpc) is 3.24. The van der Waals surface area contributed by atoms with Crippen molar-refractivity contribution in [3.63, 3.8) is 0 Å². The molecule has 1 unspecified atom stereocenters. The van der Waals surface area contributed by atoms with Crippen molar-refractivity contribution < 1.29 is 8.42 Å². The fraction of sp³-hybridized carbons (Fsp3) is 0.650. The Balaban J connectivity index is 1.63. The Morgan fingerprint density at radius 1 is 1.17 bits per heavy atom. The number of hydrogen-bond donors (Lipinski definition) is 1. The molecule has 0 spiro atoms. The van der Waals surface area contributed by atoms with Gasteiger partial charge in [0.1, 0.15) is 0 Å². The van der Waals surface area contributed by atoms with Crippen LogP contribution in [-0.2, 0) is 9.84 Å². The molecule has 30 heavy (non-hydrogen) atoms. The van der Waals surface area contributed by atoms with E-state index in [2.05, 4.69) is 19.6 Å². The first kappa shape index (κ1) is 21.5. The minimum atomic E-state index is -3.31. The molecule has 0 amide bonds. The second-order valence-electron chi connectivity index (χ2n) is 8.55. The summed E-state index contributed by atoms with van der Waals surface area (Å²) in [6, 6.07) is 3.67. The van der Waals surface area contributed by atoms with Crippen molar-refractivity contribution in [2.75, 3.05) is 49.8 Å². The van der Waals surface area contributed by atoms with Crippen LogP contribution in [0.2, 0.25) is 0 Å². The van der Waals surface area contributed by atoms with Gasteiger partial charge in [-0.3, -0.25) is 0 Å². The highest BCUT2D eigenvalue weighted by Gasteiger charge is 2.36. The molecule has 164 valence electrons. The Labute approximate surface area is 182 Å². The fourth-order valence-electron chi connectivity index (χ4n) is 4.60. The number of hydrogen-bond acceptors (Lipinski definition) is 9. The molecule has 2 aromatic rings. The van der Waals surface area contributed by atoms with Crippen molar-refractivity contribution in [2.24, 2.45) is 11.8 Å². The lowest BCUT2D eigenvalue weighted by atomic mass is 9.76. The molecule has 1 N–H and O–H groups in total. The number of rotatable bonds is 5. The first-order valence-electron chi connectivity index (χ1n) is 10.5.